The van der Waals surface area contributed by atoms with Crippen molar-refractivity contribution in [3.05, 3.63) is 23.9 Å². The summed E-state index contributed by atoms with van der Waals surface area (Å²) >= 11 is 1.34. The number of amides is 1. The van der Waals surface area contributed by atoms with Crippen LogP contribution in [0.3, 0.4) is 0 Å². The third-order valence-corrected chi connectivity index (χ3v) is 3.60. The van der Waals surface area contributed by atoms with Crippen LogP contribution in [0.2, 0.25) is 0 Å². The molecule has 1 heterocycles. The van der Waals surface area contributed by atoms with Gasteiger partial charge in [0.25, 0.3) is 0 Å². The Labute approximate surface area is 107 Å². The van der Waals surface area contributed by atoms with E-state index in [9.17, 15) is 18.0 Å². The zero-order valence-electron chi connectivity index (χ0n) is 10.1. The van der Waals surface area contributed by atoms with Gasteiger partial charge in [0.1, 0.15) is 5.82 Å². The topological polar surface area (TPSA) is 42.0 Å². The fraction of sp³-hybridized carbons (Fsp3) is 0.455. The van der Waals surface area contributed by atoms with E-state index in [1.807, 2.05) is 0 Å². The SMILES string of the molecule is CSC(C)(C)C(=O)Nc1ccc(C(F)(F)F)cn1. The largest absolute Gasteiger partial charge is 0.417 e. The number of nitrogens with zero attached hydrogens (tertiary/aromatic N) is 1. The van der Waals surface area contributed by atoms with Crippen LogP contribution in [0.25, 0.3) is 0 Å². The van der Waals surface area contributed by atoms with Gasteiger partial charge in [-0.25, -0.2) is 4.98 Å². The molecule has 1 aromatic heterocycles. The maximum absolute atomic E-state index is 12.3. The lowest BCUT2D eigenvalue weighted by Crippen LogP contribution is -2.33. The first-order chi connectivity index (χ1) is 8.16. The van der Waals surface area contributed by atoms with Crippen LogP contribution in [0, 0.1) is 0 Å². The Morgan fingerprint density at radius 3 is 2.33 bits per heavy atom. The highest BCUT2D eigenvalue weighted by Gasteiger charge is 2.31. The van der Waals surface area contributed by atoms with Crippen molar-refractivity contribution in [1.82, 2.24) is 4.98 Å². The molecule has 0 saturated carbocycles. The Balaban J connectivity index is 2.79. The molecule has 0 saturated heterocycles. The number of rotatable bonds is 3. The molecule has 0 fully saturated rings. The summed E-state index contributed by atoms with van der Waals surface area (Å²) in [6.45, 7) is 3.44. The molecule has 1 N–H and O–H groups in total. The second-order valence-electron chi connectivity index (χ2n) is 4.10. The summed E-state index contributed by atoms with van der Waals surface area (Å²) in [4.78, 5) is 15.3. The molecule has 1 aromatic rings. The number of hydrogen-bond donors (Lipinski definition) is 1. The smallest absolute Gasteiger partial charge is 0.310 e. The normalized spacial score (nSPS) is 12.3. The highest BCUT2D eigenvalue weighted by Crippen LogP contribution is 2.29. The number of thioether (sulfide) groups is 1. The predicted octanol–water partition coefficient (Wildman–Crippen LogP) is 3.18. The summed E-state index contributed by atoms with van der Waals surface area (Å²) < 4.78 is 36.2. The monoisotopic (exact) mass is 278 g/mol. The summed E-state index contributed by atoms with van der Waals surface area (Å²) in [5.41, 5.74) is -0.843. The summed E-state index contributed by atoms with van der Waals surface area (Å²) in [5.74, 6) is -0.197. The molecule has 18 heavy (non-hydrogen) atoms. The standard InChI is InChI=1S/C11H13F3N2OS/c1-10(2,18-3)9(17)16-8-5-4-7(6-15-8)11(12,13)14/h4-6H,1-3H3,(H,15,16,17). The van der Waals surface area contributed by atoms with Gasteiger partial charge in [0.05, 0.1) is 10.3 Å². The summed E-state index contributed by atoms with van der Waals surface area (Å²) in [7, 11) is 0. The number of pyridine rings is 1. The molecular weight excluding hydrogens is 265 g/mol. The van der Waals surface area contributed by atoms with E-state index < -0.39 is 16.5 Å². The highest BCUT2D eigenvalue weighted by atomic mass is 32.2. The molecule has 0 atom stereocenters. The predicted molar refractivity (Wildman–Crippen MR) is 65.5 cm³/mol. The summed E-state index contributed by atoms with van der Waals surface area (Å²) in [5, 5.41) is 2.47. The van der Waals surface area contributed by atoms with Crippen LogP contribution in [0.4, 0.5) is 19.0 Å². The molecule has 0 aliphatic heterocycles. The van der Waals surface area contributed by atoms with Gasteiger partial charge in [-0.1, -0.05) is 0 Å². The van der Waals surface area contributed by atoms with E-state index in [4.69, 9.17) is 0 Å². The van der Waals surface area contributed by atoms with E-state index >= 15 is 0 Å². The Morgan fingerprint density at radius 1 is 1.33 bits per heavy atom. The van der Waals surface area contributed by atoms with Gasteiger partial charge in [0, 0.05) is 6.20 Å². The van der Waals surface area contributed by atoms with E-state index in [0.717, 1.165) is 12.1 Å². The quantitative estimate of drug-likeness (QED) is 0.923. The van der Waals surface area contributed by atoms with Crippen LogP contribution in [-0.2, 0) is 11.0 Å². The Bertz CT molecular complexity index is 429. The minimum Gasteiger partial charge on any atom is -0.310 e. The van der Waals surface area contributed by atoms with Crippen molar-refractivity contribution in [2.45, 2.75) is 24.8 Å². The first-order valence-corrected chi connectivity index (χ1v) is 6.29. The van der Waals surface area contributed by atoms with Gasteiger partial charge in [-0.2, -0.15) is 13.2 Å². The van der Waals surface area contributed by atoms with Crippen LogP contribution >= 0.6 is 11.8 Å². The van der Waals surface area contributed by atoms with Crippen molar-refractivity contribution in [2.24, 2.45) is 0 Å². The Morgan fingerprint density at radius 2 is 1.94 bits per heavy atom. The molecule has 0 bridgehead atoms. The van der Waals surface area contributed by atoms with E-state index in [1.165, 1.54) is 11.8 Å². The van der Waals surface area contributed by atoms with Crippen molar-refractivity contribution in [1.29, 1.82) is 0 Å². The van der Waals surface area contributed by atoms with Crippen LogP contribution in [0.5, 0.6) is 0 Å². The molecule has 100 valence electrons. The minimum atomic E-state index is -4.42. The zero-order valence-corrected chi connectivity index (χ0v) is 10.9. The van der Waals surface area contributed by atoms with Crippen LogP contribution in [0.15, 0.2) is 18.3 Å². The molecule has 7 heteroatoms. The van der Waals surface area contributed by atoms with E-state index in [0.29, 0.717) is 6.20 Å². The van der Waals surface area contributed by atoms with Crippen molar-refractivity contribution in [3.63, 3.8) is 0 Å². The highest BCUT2D eigenvalue weighted by molar-refractivity contribution is 8.00. The molecule has 0 unspecified atom stereocenters. The van der Waals surface area contributed by atoms with E-state index in [1.54, 1.807) is 20.1 Å². The van der Waals surface area contributed by atoms with Crippen LogP contribution in [-0.4, -0.2) is 21.9 Å². The lowest BCUT2D eigenvalue weighted by molar-refractivity contribution is -0.137. The van der Waals surface area contributed by atoms with Crippen molar-refractivity contribution in [2.75, 3.05) is 11.6 Å². The van der Waals surface area contributed by atoms with E-state index in [2.05, 4.69) is 10.3 Å². The number of carbonyl (C=O) groups is 1. The van der Waals surface area contributed by atoms with Gasteiger partial charge in [0.2, 0.25) is 5.91 Å². The molecule has 0 aliphatic rings. The van der Waals surface area contributed by atoms with Crippen molar-refractivity contribution < 1.29 is 18.0 Å². The fourth-order valence-electron chi connectivity index (χ4n) is 0.995. The number of carbonyl (C=O) groups excluding carboxylic acids is 1. The van der Waals surface area contributed by atoms with Gasteiger partial charge in [-0.05, 0) is 32.2 Å². The van der Waals surface area contributed by atoms with Crippen LogP contribution in [0.1, 0.15) is 19.4 Å². The number of halogens is 3. The molecule has 0 spiro atoms. The summed E-state index contributed by atoms with van der Waals surface area (Å²) in [6, 6.07) is 2.02. The Kier molecular flexibility index (Phi) is 4.26. The van der Waals surface area contributed by atoms with Gasteiger partial charge in [0.15, 0.2) is 0 Å². The van der Waals surface area contributed by atoms with Gasteiger partial charge in [-0.15, -0.1) is 11.8 Å². The molecule has 0 radical (unpaired) electrons. The summed E-state index contributed by atoms with van der Waals surface area (Å²) in [6.07, 6.45) is -1.95. The first kappa shape index (κ1) is 14.8. The molecule has 0 aliphatic carbocycles. The lowest BCUT2D eigenvalue weighted by atomic mass is 10.2. The Hall–Kier alpha value is -1.24. The number of nitrogens with one attached hydrogen (secondary N) is 1. The molecule has 1 amide bonds. The van der Waals surface area contributed by atoms with Gasteiger partial charge in [-0.3, -0.25) is 4.79 Å². The zero-order chi connectivity index (χ0) is 14.0. The maximum Gasteiger partial charge on any atom is 0.417 e. The number of hydrogen-bond acceptors (Lipinski definition) is 3. The first-order valence-electron chi connectivity index (χ1n) is 5.06. The molecular formula is C11H13F3N2OS. The third-order valence-electron chi connectivity index (χ3n) is 2.39. The number of anilines is 1. The third kappa shape index (κ3) is 3.63. The molecule has 1 rings (SSSR count). The van der Waals surface area contributed by atoms with E-state index in [-0.39, 0.29) is 11.7 Å². The number of alkyl halides is 3. The molecule has 3 nitrogen and oxygen atoms in total. The fourth-order valence-corrected chi connectivity index (χ4v) is 1.23. The second-order valence-corrected chi connectivity index (χ2v) is 5.53. The molecule has 0 aromatic carbocycles. The minimum absolute atomic E-state index is 0.107. The van der Waals surface area contributed by atoms with Gasteiger partial charge < -0.3 is 5.32 Å². The lowest BCUT2D eigenvalue weighted by Gasteiger charge is -2.20. The average Bonchev–Trinajstić information content (AvgIpc) is 2.28. The number of aromatic nitrogens is 1. The van der Waals surface area contributed by atoms with Crippen molar-refractivity contribution in [3.8, 4) is 0 Å². The van der Waals surface area contributed by atoms with Gasteiger partial charge >= 0.3 is 6.18 Å². The second kappa shape index (κ2) is 5.17. The average molecular weight is 278 g/mol. The maximum atomic E-state index is 12.3. The van der Waals surface area contributed by atoms with Crippen molar-refractivity contribution >= 4 is 23.5 Å². The van der Waals surface area contributed by atoms with Crippen LogP contribution < -0.4 is 5.32 Å².